The predicted molar refractivity (Wildman–Crippen MR) is 112 cm³/mol. The maximum atomic E-state index is 11.7. The second-order valence-corrected chi connectivity index (χ2v) is 7.24. The monoisotopic (exact) mass is 394 g/mol. The molecular formula is C22H26N4O3. The fraction of sp³-hybridized carbons (Fsp3) is 0.364. The number of amides is 2. The molecule has 1 aliphatic carbocycles. The summed E-state index contributed by atoms with van der Waals surface area (Å²) < 4.78 is 5.13. The van der Waals surface area contributed by atoms with Crippen molar-refractivity contribution in [2.24, 2.45) is 22.6 Å². The molecule has 7 heteroatoms. The lowest BCUT2D eigenvalue weighted by Gasteiger charge is -2.26. The van der Waals surface area contributed by atoms with Gasteiger partial charge in [0.2, 0.25) is 5.88 Å². The van der Waals surface area contributed by atoms with Gasteiger partial charge < -0.3 is 15.8 Å². The number of aromatic nitrogens is 1. The molecule has 29 heavy (non-hydrogen) atoms. The average Bonchev–Trinajstić information content (AvgIpc) is 2.85. The van der Waals surface area contributed by atoms with Gasteiger partial charge in [-0.2, -0.15) is 0 Å². The summed E-state index contributed by atoms with van der Waals surface area (Å²) in [4.78, 5) is 32.2. The number of aliphatic imine (C=N–C) groups is 1. The molecule has 3 N–H and O–H groups in total. The van der Waals surface area contributed by atoms with Gasteiger partial charge in [-0.15, -0.1) is 0 Å². The summed E-state index contributed by atoms with van der Waals surface area (Å²) in [5.41, 5.74) is 9.94. The third-order valence-electron chi connectivity index (χ3n) is 5.45. The summed E-state index contributed by atoms with van der Waals surface area (Å²) in [6.45, 7) is 4.53. The first-order valence-electron chi connectivity index (χ1n) is 9.64. The first-order valence-corrected chi connectivity index (χ1v) is 9.64. The number of ether oxygens (including phenoxy) is 1. The van der Waals surface area contributed by atoms with E-state index in [0.717, 1.165) is 24.1 Å². The standard InChI is InChI=1S/C22H26N4O3/c1-13-18(15-7-5-4-6-8-15)11-24-20(14(2)19(13)26-22(23)28)16-9-17(12-27)21(29-3)25-10-16/h5,7-10,12-13,18H,4,6,11H2,1-3H3,(H3,23,26,28). The van der Waals surface area contributed by atoms with E-state index in [1.165, 1.54) is 12.7 Å². The van der Waals surface area contributed by atoms with Crippen LogP contribution in [0, 0.1) is 11.8 Å². The molecule has 0 saturated heterocycles. The molecule has 2 atom stereocenters. The van der Waals surface area contributed by atoms with Crippen LogP contribution in [0.15, 0.2) is 52.3 Å². The molecule has 0 bridgehead atoms. The van der Waals surface area contributed by atoms with E-state index >= 15 is 0 Å². The van der Waals surface area contributed by atoms with Gasteiger partial charge in [0, 0.05) is 35.8 Å². The van der Waals surface area contributed by atoms with E-state index in [1.807, 2.05) is 6.92 Å². The summed E-state index contributed by atoms with van der Waals surface area (Å²) in [7, 11) is 1.47. The fourth-order valence-electron chi connectivity index (χ4n) is 3.94. The molecule has 0 saturated carbocycles. The van der Waals surface area contributed by atoms with Gasteiger partial charge in [-0.25, -0.2) is 9.78 Å². The van der Waals surface area contributed by atoms with Crippen molar-refractivity contribution in [2.45, 2.75) is 26.7 Å². The molecular weight excluding hydrogens is 368 g/mol. The van der Waals surface area contributed by atoms with Crippen LogP contribution in [0.1, 0.15) is 42.6 Å². The van der Waals surface area contributed by atoms with Crippen LogP contribution in [0.3, 0.4) is 0 Å². The molecule has 2 aliphatic rings. The van der Waals surface area contributed by atoms with Crippen LogP contribution in [-0.2, 0) is 0 Å². The summed E-state index contributed by atoms with van der Waals surface area (Å²) in [5, 5.41) is 2.81. The largest absolute Gasteiger partial charge is 0.480 e. The minimum Gasteiger partial charge on any atom is -0.480 e. The molecule has 1 aromatic rings. The Hall–Kier alpha value is -3.22. The van der Waals surface area contributed by atoms with E-state index in [9.17, 15) is 9.59 Å². The third kappa shape index (κ3) is 4.29. The van der Waals surface area contributed by atoms with Crippen LogP contribution in [-0.4, -0.2) is 36.7 Å². The number of hydrogen-bond acceptors (Lipinski definition) is 5. The van der Waals surface area contributed by atoms with Crippen molar-refractivity contribution in [2.75, 3.05) is 13.7 Å². The quantitative estimate of drug-likeness (QED) is 0.748. The van der Waals surface area contributed by atoms with E-state index < -0.39 is 6.03 Å². The van der Waals surface area contributed by atoms with Gasteiger partial charge in [-0.05, 0) is 37.0 Å². The fourth-order valence-corrected chi connectivity index (χ4v) is 3.94. The number of urea groups is 1. The number of allylic oxidation sites excluding steroid dienone is 5. The number of carbonyl (C=O) groups excluding carboxylic acids is 2. The normalized spacial score (nSPS) is 21.8. The van der Waals surface area contributed by atoms with E-state index in [4.69, 9.17) is 15.5 Å². The molecule has 7 nitrogen and oxygen atoms in total. The Labute approximate surface area is 170 Å². The van der Waals surface area contributed by atoms with Gasteiger partial charge in [0.05, 0.1) is 18.4 Å². The molecule has 1 aromatic heterocycles. The first kappa shape index (κ1) is 20.5. The van der Waals surface area contributed by atoms with Gasteiger partial charge in [0.25, 0.3) is 0 Å². The molecule has 3 rings (SSSR count). The number of primary amides is 1. The van der Waals surface area contributed by atoms with Crippen molar-refractivity contribution >= 4 is 18.0 Å². The van der Waals surface area contributed by atoms with Crippen LogP contribution in [0.25, 0.3) is 0 Å². The van der Waals surface area contributed by atoms with Gasteiger partial charge >= 0.3 is 6.03 Å². The number of hydrogen-bond donors (Lipinski definition) is 2. The van der Waals surface area contributed by atoms with Crippen LogP contribution >= 0.6 is 0 Å². The molecule has 1 aliphatic heterocycles. The average molecular weight is 394 g/mol. The topological polar surface area (TPSA) is 107 Å². The first-order chi connectivity index (χ1) is 14.0. The van der Waals surface area contributed by atoms with Crippen LogP contribution in [0.4, 0.5) is 4.79 Å². The van der Waals surface area contributed by atoms with Crippen LogP contribution < -0.4 is 15.8 Å². The van der Waals surface area contributed by atoms with Gasteiger partial charge in [-0.3, -0.25) is 9.79 Å². The minimum absolute atomic E-state index is 0.00880. The molecule has 2 amide bonds. The number of nitrogens with two attached hydrogens (primary N) is 1. The highest BCUT2D eigenvalue weighted by Crippen LogP contribution is 2.34. The molecule has 0 spiro atoms. The Morgan fingerprint density at radius 3 is 2.79 bits per heavy atom. The van der Waals surface area contributed by atoms with E-state index in [0.29, 0.717) is 29.7 Å². The number of nitrogens with zero attached hydrogens (tertiary/aromatic N) is 2. The number of rotatable bonds is 5. The lowest BCUT2D eigenvalue weighted by molar-refractivity contribution is 0.112. The maximum Gasteiger partial charge on any atom is 0.316 e. The Morgan fingerprint density at radius 2 is 2.17 bits per heavy atom. The SMILES string of the molecule is COc1ncc(C2=NCC(C3=CCCC=C3)C(C)C(NC(N)=O)=C2C)cc1C=O. The lowest BCUT2D eigenvalue weighted by atomic mass is 9.82. The van der Waals surface area contributed by atoms with E-state index in [1.54, 1.807) is 12.3 Å². The Balaban J connectivity index is 2.10. The van der Waals surface area contributed by atoms with Crippen molar-refractivity contribution in [3.8, 4) is 5.88 Å². The van der Waals surface area contributed by atoms with Crippen molar-refractivity contribution < 1.29 is 14.3 Å². The Bertz CT molecular complexity index is 943. The number of pyridine rings is 1. The van der Waals surface area contributed by atoms with Crippen molar-refractivity contribution in [1.82, 2.24) is 10.3 Å². The highest BCUT2D eigenvalue weighted by molar-refractivity contribution is 6.13. The Kier molecular flexibility index (Phi) is 6.26. The van der Waals surface area contributed by atoms with Gasteiger partial charge in [0.1, 0.15) is 0 Å². The van der Waals surface area contributed by atoms with E-state index in [2.05, 4.69) is 35.5 Å². The highest BCUT2D eigenvalue weighted by atomic mass is 16.5. The zero-order chi connectivity index (χ0) is 21.0. The number of methoxy groups -OCH3 is 1. The summed E-state index contributed by atoms with van der Waals surface area (Å²) in [6, 6.07) is 1.09. The molecule has 2 unspecified atom stereocenters. The third-order valence-corrected chi connectivity index (χ3v) is 5.45. The van der Waals surface area contributed by atoms with Crippen LogP contribution in [0.2, 0.25) is 0 Å². The predicted octanol–water partition coefficient (Wildman–Crippen LogP) is 3.18. The molecule has 2 heterocycles. The van der Waals surface area contributed by atoms with Crippen LogP contribution in [0.5, 0.6) is 5.88 Å². The van der Waals surface area contributed by atoms with E-state index in [-0.39, 0.29) is 17.7 Å². The molecule has 0 radical (unpaired) electrons. The number of aldehydes is 1. The Morgan fingerprint density at radius 1 is 1.38 bits per heavy atom. The summed E-state index contributed by atoms with van der Waals surface area (Å²) >= 11 is 0. The van der Waals surface area contributed by atoms with Gasteiger partial charge in [-0.1, -0.05) is 25.2 Å². The number of carbonyl (C=O) groups is 2. The second kappa shape index (κ2) is 8.86. The second-order valence-electron chi connectivity index (χ2n) is 7.24. The smallest absolute Gasteiger partial charge is 0.316 e. The molecule has 0 aromatic carbocycles. The highest BCUT2D eigenvalue weighted by Gasteiger charge is 2.30. The van der Waals surface area contributed by atoms with Crippen molar-refractivity contribution in [1.29, 1.82) is 0 Å². The van der Waals surface area contributed by atoms with Crippen molar-refractivity contribution in [3.05, 3.63) is 58.5 Å². The summed E-state index contributed by atoms with van der Waals surface area (Å²) in [5.74, 6) is 0.380. The summed E-state index contributed by atoms with van der Waals surface area (Å²) in [6.07, 6.45) is 10.9. The van der Waals surface area contributed by atoms with Gasteiger partial charge in [0.15, 0.2) is 6.29 Å². The molecule has 152 valence electrons. The minimum atomic E-state index is -0.610. The maximum absolute atomic E-state index is 11.7. The van der Waals surface area contributed by atoms with Crippen molar-refractivity contribution in [3.63, 3.8) is 0 Å². The number of nitrogens with one attached hydrogen (secondary N) is 1. The zero-order valence-corrected chi connectivity index (χ0v) is 16.9. The molecule has 0 fully saturated rings. The lowest BCUT2D eigenvalue weighted by Crippen LogP contribution is -2.35. The zero-order valence-electron chi connectivity index (χ0n) is 16.9.